The zero-order valence-electron chi connectivity index (χ0n) is 17.7. The molecule has 29 heavy (non-hydrogen) atoms. The average molecular weight is 467 g/mol. The molecule has 0 unspecified atom stereocenters. The maximum absolute atomic E-state index is 12.2. The first kappa shape index (κ1) is 26.4. The highest BCUT2D eigenvalue weighted by atomic mass is 35.5. The molecule has 0 aliphatic heterocycles. The van der Waals surface area contributed by atoms with Gasteiger partial charge in [0.2, 0.25) is 10.0 Å². The topological polar surface area (TPSA) is 66.4 Å². The van der Waals surface area contributed by atoms with Gasteiger partial charge in [-0.25, -0.2) is 8.42 Å². The number of hydrogen-bond acceptors (Lipinski definition) is 3. The normalized spacial score (nSPS) is 11.7. The number of halogens is 2. The number of benzene rings is 1. The third-order valence-electron chi connectivity index (χ3n) is 5.06. The van der Waals surface area contributed by atoms with E-state index in [4.69, 9.17) is 23.2 Å². The van der Waals surface area contributed by atoms with E-state index in [0.29, 0.717) is 6.42 Å². The molecule has 0 heterocycles. The quantitative estimate of drug-likeness (QED) is 0.181. The van der Waals surface area contributed by atoms with Gasteiger partial charge in [0.05, 0.1) is 21.5 Å². The number of hydrogen-bond donors (Lipinski definition) is 2. The number of aromatic hydroxyl groups is 1. The monoisotopic (exact) mass is 465 g/mol. The van der Waals surface area contributed by atoms with E-state index < -0.39 is 10.0 Å². The fourth-order valence-corrected chi connectivity index (χ4v) is 4.99. The first-order valence-electron chi connectivity index (χ1n) is 11.0. The molecule has 0 radical (unpaired) electrons. The molecule has 168 valence electrons. The van der Waals surface area contributed by atoms with Crippen LogP contribution in [0.25, 0.3) is 0 Å². The van der Waals surface area contributed by atoms with Crippen LogP contribution in [0, 0.1) is 0 Å². The van der Waals surface area contributed by atoms with E-state index in [0.717, 1.165) is 12.8 Å². The van der Waals surface area contributed by atoms with Crippen LogP contribution in [0.5, 0.6) is 5.75 Å². The van der Waals surface area contributed by atoms with E-state index in [2.05, 4.69) is 11.6 Å². The average Bonchev–Trinajstić information content (AvgIpc) is 2.66. The molecule has 2 N–H and O–H groups in total. The van der Waals surface area contributed by atoms with Crippen molar-refractivity contribution >= 4 is 38.9 Å². The van der Waals surface area contributed by atoms with E-state index in [1.54, 1.807) is 0 Å². The van der Waals surface area contributed by atoms with Gasteiger partial charge in [0.1, 0.15) is 0 Å². The molecule has 0 amide bonds. The summed E-state index contributed by atoms with van der Waals surface area (Å²) in [6.07, 6.45) is 17.2. The van der Waals surface area contributed by atoms with Gasteiger partial charge in [0.25, 0.3) is 0 Å². The van der Waals surface area contributed by atoms with Gasteiger partial charge in [-0.05, 0) is 18.6 Å². The number of rotatable bonds is 17. The van der Waals surface area contributed by atoms with Crippen molar-refractivity contribution in [1.82, 2.24) is 0 Å². The first-order chi connectivity index (χ1) is 13.9. The lowest BCUT2D eigenvalue weighted by Gasteiger charge is -2.10. The van der Waals surface area contributed by atoms with E-state index in [-0.39, 0.29) is 27.2 Å². The van der Waals surface area contributed by atoms with Crippen LogP contribution in [0.1, 0.15) is 96.8 Å². The third-order valence-corrected chi connectivity index (χ3v) is 7.01. The summed E-state index contributed by atoms with van der Waals surface area (Å²) in [5.74, 6) is -0.176. The molecule has 0 bridgehead atoms. The summed E-state index contributed by atoms with van der Waals surface area (Å²) < 4.78 is 26.8. The molecule has 0 fully saturated rings. The van der Waals surface area contributed by atoms with Crippen molar-refractivity contribution < 1.29 is 13.5 Å². The van der Waals surface area contributed by atoms with Crippen LogP contribution < -0.4 is 4.72 Å². The van der Waals surface area contributed by atoms with Crippen molar-refractivity contribution in [3.63, 3.8) is 0 Å². The van der Waals surface area contributed by atoms with Crippen LogP contribution in [0.15, 0.2) is 12.1 Å². The number of phenols is 1. The van der Waals surface area contributed by atoms with Crippen LogP contribution >= 0.6 is 23.2 Å². The molecule has 0 aliphatic rings. The molecule has 0 atom stereocenters. The van der Waals surface area contributed by atoms with Gasteiger partial charge in [-0.1, -0.05) is 114 Å². The van der Waals surface area contributed by atoms with Crippen LogP contribution in [-0.4, -0.2) is 19.3 Å². The summed E-state index contributed by atoms with van der Waals surface area (Å²) in [7, 11) is -3.45. The van der Waals surface area contributed by atoms with Crippen LogP contribution in [-0.2, 0) is 10.0 Å². The minimum atomic E-state index is -3.45. The Morgan fingerprint density at radius 2 is 1.14 bits per heavy atom. The summed E-state index contributed by atoms with van der Waals surface area (Å²) in [4.78, 5) is 0. The zero-order valence-corrected chi connectivity index (χ0v) is 20.0. The van der Waals surface area contributed by atoms with E-state index in [9.17, 15) is 13.5 Å². The van der Waals surface area contributed by atoms with E-state index in [1.165, 1.54) is 82.8 Å². The highest BCUT2D eigenvalue weighted by Gasteiger charge is 2.13. The number of sulfonamides is 1. The Balaban J connectivity index is 2.04. The van der Waals surface area contributed by atoms with Crippen molar-refractivity contribution in [3.8, 4) is 5.75 Å². The minimum absolute atomic E-state index is 0.0201. The Morgan fingerprint density at radius 3 is 1.55 bits per heavy atom. The summed E-state index contributed by atoms with van der Waals surface area (Å²) in [6, 6.07) is 2.71. The fraction of sp³-hybridized carbons (Fsp3) is 0.727. The molecule has 0 saturated carbocycles. The van der Waals surface area contributed by atoms with E-state index in [1.807, 2.05) is 0 Å². The molecule has 7 heteroatoms. The first-order valence-corrected chi connectivity index (χ1v) is 13.4. The van der Waals surface area contributed by atoms with Gasteiger partial charge in [-0.3, -0.25) is 4.72 Å². The molecule has 0 spiro atoms. The van der Waals surface area contributed by atoms with Crippen molar-refractivity contribution in [3.05, 3.63) is 22.2 Å². The molecule has 4 nitrogen and oxygen atoms in total. The Kier molecular flexibility index (Phi) is 13.8. The number of nitrogens with one attached hydrogen (secondary N) is 1. The second kappa shape index (κ2) is 15.2. The second-order valence-corrected chi connectivity index (χ2v) is 10.5. The molecular weight excluding hydrogens is 429 g/mol. The lowest BCUT2D eigenvalue weighted by molar-refractivity contribution is 0.476. The zero-order chi connectivity index (χ0) is 21.5. The van der Waals surface area contributed by atoms with Gasteiger partial charge in [0.15, 0.2) is 5.75 Å². The number of anilines is 1. The molecule has 0 saturated heterocycles. The summed E-state index contributed by atoms with van der Waals surface area (Å²) >= 11 is 11.6. The highest BCUT2D eigenvalue weighted by molar-refractivity contribution is 7.92. The smallest absolute Gasteiger partial charge is 0.232 e. The van der Waals surface area contributed by atoms with Crippen LogP contribution in [0.2, 0.25) is 10.0 Å². The predicted molar refractivity (Wildman–Crippen MR) is 126 cm³/mol. The maximum Gasteiger partial charge on any atom is 0.232 e. The summed E-state index contributed by atoms with van der Waals surface area (Å²) in [5.41, 5.74) is 0.267. The predicted octanol–water partition coefficient (Wildman–Crippen LogP) is 7.92. The van der Waals surface area contributed by atoms with Crippen molar-refractivity contribution in [2.75, 3.05) is 10.5 Å². The largest absolute Gasteiger partial charge is 0.505 e. The summed E-state index contributed by atoms with van der Waals surface area (Å²) in [6.45, 7) is 2.25. The Hall–Kier alpha value is -0.650. The van der Waals surface area contributed by atoms with Gasteiger partial charge >= 0.3 is 0 Å². The van der Waals surface area contributed by atoms with Crippen LogP contribution in [0.4, 0.5) is 5.69 Å². The minimum Gasteiger partial charge on any atom is -0.505 e. The lowest BCUT2D eigenvalue weighted by atomic mass is 10.0. The Bertz CT molecular complexity index is 658. The van der Waals surface area contributed by atoms with E-state index >= 15 is 0 Å². The van der Waals surface area contributed by atoms with Crippen molar-refractivity contribution in [2.45, 2.75) is 96.8 Å². The van der Waals surface area contributed by atoms with Gasteiger partial charge in [0, 0.05) is 0 Å². The molecule has 0 aromatic heterocycles. The summed E-state index contributed by atoms with van der Waals surface area (Å²) in [5, 5.41) is 9.57. The molecule has 1 aromatic rings. The molecule has 0 aliphatic carbocycles. The van der Waals surface area contributed by atoms with Gasteiger partial charge in [-0.15, -0.1) is 0 Å². The van der Waals surface area contributed by atoms with Crippen LogP contribution in [0.3, 0.4) is 0 Å². The Morgan fingerprint density at radius 1 is 0.759 bits per heavy atom. The van der Waals surface area contributed by atoms with Gasteiger partial charge in [-0.2, -0.15) is 0 Å². The molecular formula is C22H37Cl2NO3S. The lowest BCUT2D eigenvalue weighted by Crippen LogP contribution is -2.16. The molecule has 1 rings (SSSR count). The SMILES string of the molecule is CCCCCCCCCCCCCCCCS(=O)(=O)Nc1cc(Cl)c(O)c(Cl)c1. The third kappa shape index (κ3) is 12.6. The maximum atomic E-state index is 12.2. The highest BCUT2D eigenvalue weighted by Crippen LogP contribution is 2.34. The van der Waals surface area contributed by atoms with Crippen molar-refractivity contribution in [2.24, 2.45) is 0 Å². The molecule has 1 aromatic carbocycles. The number of unbranched alkanes of at least 4 members (excludes halogenated alkanes) is 13. The van der Waals surface area contributed by atoms with Crippen molar-refractivity contribution in [1.29, 1.82) is 0 Å². The fourth-order valence-electron chi connectivity index (χ4n) is 3.34. The van der Waals surface area contributed by atoms with Gasteiger partial charge < -0.3 is 5.11 Å². The second-order valence-electron chi connectivity index (χ2n) is 7.81. The number of phenolic OH excluding ortho intramolecular Hbond substituents is 1. The Labute approximate surface area is 187 Å². The standard InChI is InChI=1S/C22H37Cl2NO3S/c1-2-3-4-5-6-7-8-9-10-11-12-13-14-15-16-29(27,28)25-19-17-20(23)22(26)21(24)18-19/h17-18,25-26H,2-16H2,1H3.